The maximum absolute atomic E-state index is 13.4. The Balaban J connectivity index is 1.30. The van der Waals surface area contributed by atoms with Gasteiger partial charge in [0.25, 0.3) is 11.8 Å². The fraction of sp³-hybridized carbons (Fsp3) is 0.280. The number of ether oxygens (including phenoxy) is 1. The molecule has 0 unspecified atom stereocenters. The molecule has 0 spiro atoms. The van der Waals surface area contributed by atoms with Crippen molar-refractivity contribution in [2.45, 2.75) is 31.9 Å². The van der Waals surface area contributed by atoms with Crippen molar-refractivity contribution in [1.29, 1.82) is 0 Å². The summed E-state index contributed by atoms with van der Waals surface area (Å²) < 4.78 is 38.2. The number of rotatable bonds is 5. The first-order valence-electron chi connectivity index (χ1n) is 11.4. The third kappa shape index (κ3) is 3.89. The van der Waals surface area contributed by atoms with Crippen LogP contribution in [0.25, 0.3) is 22.6 Å². The van der Waals surface area contributed by atoms with Crippen molar-refractivity contribution in [1.82, 2.24) is 20.0 Å². The van der Waals surface area contributed by atoms with Crippen molar-refractivity contribution in [3.63, 3.8) is 0 Å². The van der Waals surface area contributed by atoms with Crippen LogP contribution in [-0.2, 0) is 11.3 Å². The molecule has 0 bridgehead atoms. The SMILES string of the molecule is O=C1c2cc(-c3nnc(C(F)F)o3)ccc2CN1c1ccccc1-c1cnn(C2CCOCC2)c1. The van der Waals surface area contributed by atoms with Crippen molar-refractivity contribution in [3.05, 3.63) is 71.9 Å². The lowest BCUT2D eigenvalue weighted by atomic mass is 10.1. The average Bonchev–Trinajstić information content (AvgIpc) is 3.64. The van der Waals surface area contributed by atoms with Crippen LogP contribution in [-0.4, -0.2) is 39.1 Å². The van der Waals surface area contributed by atoms with Gasteiger partial charge in [-0.3, -0.25) is 9.48 Å². The Hall–Kier alpha value is -3.92. The second-order valence-electron chi connectivity index (χ2n) is 8.58. The van der Waals surface area contributed by atoms with Crippen LogP contribution in [0.4, 0.5) is 14.5 Å². The van der Waals surface area contributed by atoms with Crippen LogP contribution < -0.4 is 4.90 Å². The topological polar surface area (TPSA) is 86.3 Å². The minimum Gasteiger partial charge on any atom is -0.415 e. The van der Waals surface area contributed by atoms with Gasteiger partial charge in [0.05, 0.1) is 24.5 Å². The van der Waals surface area contributed by atoms with E-state index < -0.39 is 12.3 Å². The Morgan fingerprint density at radius 2 is 1.83 bits per heavy atom. The molecule has 2 aliphatic rings. The number of hydrogen-bond acceptors (Lipinski definition) is 6. The van der Waals surface area contributed by atoms with Crippen LogP contribution in [0.3, 0.4) is 0 Å². The summed E-state index contributed by atoms with van der Waals surface area (Å²) in [6, 6.07) is 13.1. The minimum atomic E-state index is -2.85. The lowest BCUT2D eigenvalue weighted by molar-refractivity contribution is 0.0662. The van der Waals surface area contributed by atoms with Gasteiger partial charge in [-0.15, -0.1) is 10.2 Å². The first kappa shape index (κ1) is 21.6. The van der Waals surface area contributed by atoms with E-state index in [4.69, 9.17) is 9.15 Å². The molecule has 0 atom stereocenters. The van der Waals surface area contributed by atoms with E-state index in [1.807, 2.05) is 41.3 Å². The smallest absolute Gasteiger partial charge is 0.314 e. The van der Waals surface area contributed by atoms with Crippen LogP contribution >= 0.6 is 0 Å². The molecule has 4 aromatic rings. The molecular formula is C25H21F2N5O3. The molecule has 1 amide bonds. The highest BCUT2D eigenvalue weighted by Gasteiger charge is 2.31. The highest BCUT2D eigenvalue weighted by atomic mass is 19.3. The van der Waals surface area contributed by atoms with Crippen LogP contribution in [0.1, 0.15) is 47.1 Å². The highest BCUT2D eigenvalue weighted by molar-refractivity contribution is 6.12. The predicted molar refractivity (Wildman–Crippen MR) is 122 cm³/mol. The molecular weight excluding hydrogens is 456 g/mol. The number of carbonyl (C=O) groups excluding carboxylic acids is 1. The van der Waals surface area contributed by atoms with Gasteiger partial charge in [-0.25, -0.2) is 0 Å². The monoisotopic (exact) mass is 477 g/mol. The number of anilines is 1. The molecule has 1 fully saturated rings. The molecule has 35 heavy (non-hydrogen) atoms. The molecule has 8 nitrogen and oxygen atoms in total. The summed E-state index contributed by atoms with van der Waals surface area (Å²) in [4.78, 5) is 15.2. The van der Waals surface area contributed by atoms with Crippen molar-refractivity contribution in [2.24, 2.45) is 0 Å². The van der Waals surface area contributed by atoms with Crippen molar-refractivity contribution in [3.8, 4) is 22.6 Å². The lowest BCUT2D eigenvalue weighted by Gasteiger charge is -2.22. The second kappa shape index (κ2) is 8.70. The molecule has 178 valence electrons. The maximum Gasteiger partial charge on any atom is 0.314 e. The summed E-state index contributed by atoms with van der Waals surface area (Å²) in [7, 11) is 0. The fourth-order valence-electron chi connectivity index (χ4n) is 4.65. The van der Waals surface area contributed by atoms with Gasteiger partial charge < -0.3 is 14.1 Å². The van der Waals surface area contributed by atoms with Crippen molar-refractivity contribution in [2.75, 3.05) is 18.1 Å². The van der Waals surface area contributed by atoms with E-state index in [-0.39, 0.29) is 11.8 Å². The fourth-order valence-corrected chi connectivity index (χ4v) is 4.65. The van der Waals surface area contributed by atoms with Gasteiger partial charge in [0, 0.05) is 41.7 Å². The molecule has 4 heterocycles. The zero-order chi connectivity index (χ0) is 23.9. The van der Waals surface area contributed by atoms with E-state index in [0.717, 1.165) is 48.4 Å². The number of hydrogen-bond donors (Lipinski definition) is 0. The molecule has 0 radical (unpaired) electrons. The maximum atomic E-state index is 13.4. The van der Waals surface area contributed by atoms with Crippen molar-refractivity contribution < 1.29 is 22.7 Å². The molecule has 0 N–H and O–H groups in total. The van der Waals surface area contributed by atoms with Gasteiger partial charge in [-0.1, -0.05) is 24.3 Å². The first-order chi connectivity index (χ1) is 17.1. The van der Waals surface area contributed by atoms with Crippen LogP contribution in [0.5, 0.6) is 0 Å². The van der Waals surface area contributed by atoms with Gasteiger partial charge in [-0.2, -0.15) is 13.9 Å². The number of aromatic nitrogens is 4. The zero-order valence-electron chi connectivity index (χ0n) is 18.6. The van der Waals surface area contributed by atoms with E-state index in [0.29, 0.717) is 23.7 Å². The summed E-state index contributed by atoms with van der Waals surface area (Å²) in [6.45, 7) is 1.85. The highest BCUT2D eigenvalue weighted by Crippen LogP contribution is 2.37. The number of carbonyl (C=O) groups is 1. The number of benzene rings is 2. The Bertz CT molecular complexity index is 1390. The van der Waals surface area contributed by atoms with E-state index >= 15 is 0 Å². The molecule has 0 saturated carbocycles. The lowest BCUT2D eigenvalue weighted by Crippen LogP contribution is -2.23. The van der Waals surface area contributed by atoms with Crippen LogP contribution in [0.2, 0.25) is 0 Å². The van der Waals surface area contributed by atoms with E-state index in [9.17, 15) is 13.6 Å². The van der Waals surface area contributed by atoms with Gasteiger partial charge in [-0.05, 0) is 36.6 Å². The summed E-state index contributed by atoms with van der Waals surface area (Å²) in [5.41, 5.74) is 4.35. The number of amides is 1. The number of alkyl halides is 2. The minimum absolute atomic E-state index is 0.0460. The molecule has 0 aliphatic carbocycles. The number of halogens is 2. The predicted octanol–water partition coefficient (Wildman–Crippen LogP) is 5.05. The van der Waals surface area contributed by atoms with Crippen LogP contribution in [0, 0.1) is 0 Å². The quantitative estimate of drug-likeness (QED) is 0.400. The molecule has 2 aromatic carbocycles. The zero-order valence-corrected chi connectivity index (χ0v) is 18.6. The summed E-state index contributed by atoms with van der Waals surface area (Å²) in [5.74, 6) is -0.973. The van der Waals surface area contributed by atoms with Crippen LogP contribution in [0.15, 0.2) is 59.3 Å². The third-order valence-electron chi connectivity index (χ3n) is 6.46. The molecule has 2 aromatic heterocycles. The Morgan fingerprint density at radius 1 is 1.00 bits per heavy atom. The Morgan fingerprint density at radius 3 is 2.63 bits per heavy atom. The summed E-state index contributed by atoms with van der Waals surface area (Å²) in [5, 5.41) is 11.6. The summed E-state index contributed by atoms with van der Waals surface area (Å²) in [6.07, 6.45) is 2.84. The molecule has 10 heteroatoms. The van der Waals surface area contributed by atoms with E-state index in [1.165, 1.54) is 0 Å². The van der Waals surface area contributed by atoms with E-state index in [2.05, 4.69) is 15.3 Å². The molecule has 1 saturated heterocycles. The largest absolute Gasteiger partial charge is 0.415 e. The summed E-state index contributed by atoms with van der Waals surface area (Å²) >= 11 is 0. The van der Waals surface area contributed by atoms with Crippen molar-refractivity contribution >= 4 is 11.6 Å². The van der Waals surface area contributed by atoms with Gasteiger partial charge in [0.1, 0.15) is 0 Å². The Kier molecular flexibility index (Phi) is 5.37. The standard InChI is InChI=1S/C25H21F2N5O3/c26-22(27)24-30-29-23(35-24)15-5-6-16-13-31(25(33)20(16)11-15)21-4-2-1-3-19(21)17-12-28-32(14-17)18-7-9-34-10-8-18/h1-6,11-12,14,18,22H,7-10,13H2. The van der Waals surface area contributed by atoms with Gasteiger partial charge in [0.2, 0.25) is 5.89 Å². The first-order valence-corrected chi connectivity index (χ1v) is 11.4. The number of para-hydroxylation sites is 1. The molecule has 2 aliphatic heterocycles. The van der Waals surface area contributed by atoms with Gasteiger partial charge >= 0.3 is 6.43 Å². The Labute approximate surface area is 199 Å². The van der Waals surface area contributed by atoms with E-state index in [1.54, 1.807) is 23.1 Å². The number of nitrogens with zero attached hydrogens (tertiary/aromatic N) is 5. The number of fused-ring (bicyclic) bond motifs is 1. The third-order valence-corrected chi connectivity index (χ3v) is 6.46. The normalized spacial score (nSPS) is 16.3. The molecule has 6 rings (SSSR count). The average molecular weight is 477 g/mol. The van der Waals surface area contributed by atoms with Gasteiger partial charge in [0.15, 0.2) is 0 Å². The second-order valence-corrected chi connectivity index (χ2v) is 8.58.